The lowest BCUT2D eigenvalue weighted by atomic mass is 10.3. The SMILES string of the molecule is CCCN(c1nc(Br)cn2ccnc12)C(C)C. The molecule has 0 saturated carbocycles. The maximum Gasteiger partial charge on any atom is 0.180 e. The summed E-state index contributed by atoms with van der Waals surface area (Å²) in [6.45, 7) is 7.52. The third-order valence-corrected chi connectivity index (χ3v) is 3.07. The van der Waals surface area contributed by atoms with Gasteiger partial charge in [0.15, 0.2) is 11.5 Å². The Morgan fingerprint density at radius 1 is 1.47 bits per heavy atom. The first-order chi connectivity index (χ1) is 8.13. The van der Waals surface area contributed by atoms with Crippen LogP contribution in [0.5, 0.6) is 0 Å². The second-order valence-corrected chi connectivity index (χ2v) is 5.14. The van der Waals surface area contributed by atoms with Crippen molar-refractivity contribution in [2.24, 2.45) is 0 Å². The maximum absolute atomic E-state index is 4.57. The number of nitrogens with zero attached hydrogens (tertiary/aromatic N) is 4. The molecule has 0 aliphatic carbocycles. The number of halogens is 1. The molecule has 2 aromatic rings. The van der Waals surface area contributed by atoms with Crippen molar-refractivity contribution in [1.29, 1.82) is 0 Å². The number of imidazole rings is 1. The second kappa shape index (κ2) is 5.04. The summed E-state index contributed by atoms with van der Waals surface area (Å²) in [5, 5.41) is 0. The molecule has 92 valence electrons. The van der Waals surface area contributed by atoms with Crippen LogP contribution >= 0.6 is 15.9 Å². The molecule has 2 rings (SSSR count). The van der Waals surface area contributed by atoms with E-state index in [0.717, 1.165) is 29.0 Å². The van der Waals surface area contributed by atoms with Crippen LogP contribution in [0.15, 0.2) is 23.2 Å². The Kier molecular flexibility index (Phi) is 3.66. The molecule has 0 aliphatic heterocycles. The highest BCUT2D eigenvalue weighted by molar-refractivity contribution is 9.10. The van der Waals surface area contributed by atoms with E-state index in [0.29, 0.717) is 6.04 Å². The lowest BCUT2D eigenvalue weighted by Crippen LogP contribution is -2.32. The molecule has 0 unspecified atom stereocenters. The van der Waals surface area contributed by atoms with Gasteiger partial charge in [0.2, 0.25) is 0 Å². The van der Waals surface area contributed by atoms with Crippen LogP contribution in [0, 0.1) is 0 Å². The number of aromatic nitrogens is 3. The molecular formula is C12H17BrN4. The molecule has 0 bridgehead atoms. The van der Waals surface area contributed by atoms with E-state index >= 15 is 0 Å². The largest absolute Gasteiger partial charge is 0.351 e. The molecular weight excluding hydrogens is 280 g/mol. The van der Waals surface area contributed by atoms with Crippen molar-refractivity contribution in [3.05, 3.63) is 23.2 Å². The van der Waals surface area contributed by atoms with Gasteiger partial charge in [-0.3, -0.25) is 0 Å². The minimum absolute atomic E-state index is 0.414. The molecule has 0 N–H and O–H groups in total. The molecule has 2 heterocycles. The number of hydrogen-bond donors (Lipinski definition) is 0. The van der Waals surface area contributed by atoms with Crippen molar-refractivity contribution >= 4 is 27.4 Å². The van der Waals surface area contributed by atoms with Crippen LogP contribution in [0.3, 0.4) is 0 Å². The standard InChI is InChI=1S/C12H17BrN4/c1-4-6-17(9(2)3)12-11-14-5-7-16(11)8-10(13)15-12/h5,7-9H,4,6H2,1-3H3. The van der Waals surface area contributed by atoms with Crippen molar-refractivity contribution in [3.8, 4) is 0 Å². The monoisotopic (exact) mass is 296 g/mol. The van der Waals surface area contributed by atoms with Gasteiger partial charge in [-0.2, -0.15) is 0 Å². The normalized spacial score (nSPS) is 11.4. The third-order valence-electron chi connectivity index (χ3n) is 2.69. The molecule has 0 aliphatic rings. The summed E-state index contributed by atoms with van der Waals surface area (Å²) >= 11 is 3.45. The van der Waals surface area contributed by atoms with Gasteiger partial charge in [0.25, 0.3) is 0 Å². The smallest absolute Gasteiger partial charge is 0.180 e. The van der Waals surface area contributed by atoms with E-state index in [1.807, 2.05) is 16.8 Å². The average molecular weight is 297 g/mol. The summed E-state index contributed by atoms with van der Waals surface area (Å²) < 4.78 is 2.83. The van der Waals surface area contributed by atoms with Crippen LogP contribution in [0.4, 0.5) is 5.82 Å². The Morgan fingerprint density at radius 3 is 2.88 bits per heavy atom. The van der Waals surface area contributed by atoms with E-state index in [1.54, 1.807) is 6.20 Å². The maximum atomic E-state index is 4.57. The zero-order valence-electron chi connectivity index (χ0n) is 10.4. The summed E-state index contributed by atoms with van der Waals surface area (Å²) in [6, 6.07) is 0.414. The number of anilines is 1. The Balaban J connectivity index is 2.54. The molecule has 0 atom stereocenters. The quantitative estimate of drug-likeness (QED) is 0.869. The Morgan fingerprint density at radius 2 is 2.24 bits per heavy atom. The summed E-state index contributed by atoms with van der Waals surface area (Å²) in [5.41, 5.74) is 0.912. The van der Waals surface area contributed by atoms with E-state index in [9.17, 15) is 0 Å². The van der Waals surface area contributed by atoms with Gasteiger partial charge in [-0.05, 0) is 36.2 Å². The van der Waals surface area contributed by atoms with Crippen LogP contribution in [0.2, 0.25) is 0 Å². The van der Waals surface area contributed by atoms with Crippen molar-refractivity contribution in [2.45, 2.75) is 33.2 Å². The topological polar surface area (TPSA) is 33.4 Å². The van der Waals surface area contributed by atoms with Gasteiger partial charge in [0.05, 0.1) is 0 Å². The van der Waals surface area contributed by atoms with Crippen molar-refractivity contribution in [3.63, 3.8) is 0 Å². The number of rotatable bonds is 4. The summed E-state index contributed by atoms with van der Waals surface area (Å²) in [4.78, 5) is 11.2. The van der Waals surface area contributed by atoms with Gasteiger partial charge in [-0.1, -0.05) is 6.92 Å². The lowest BCUT2D eigenvalue weighted by Gasteiger charge is -2.27. The fourth-order valence-corrected chi connectivity index (χ4v) is 2.32. The molecule has 0 spiro atoms. The highest BCUT2D eigenvalue weighted by Crippen LogP contribution is 2.22. The van der Waals surface area contributed by atoms with Gasteiger partial charge in [0.1, 0.15) is 4.60 Å². The second-order valence-electron chi connectivity index (χ2n) is 4.33. The third kappa shape index (κ3) is 2.44. The Labute approximate surface area is 110 Å². The van der Waals surface area contributed by atoms with Gasteiger partial charge in [0, 0.05) is 31.2 Å². The fraction of sp³-hybridized carbons (Fsp3) is 0.500. The number of hydrogen-bond acceptors (Lipinski definition) is 3. The Bertz CT molecular complexity index is 506. The fourth-order valence-electron chi connectivity index (χ4n) is 1.93. The molecule has 0 saturated heterocycles. The van der Waals surface area contributed by atoms with Gasteiger partial charge in [-0.15, -0.1) is 0 Å². The average Bonchev–Trinajstić information content (AvgIpc) is 2.72. The van der Waals surface area contributed by atoms with Crippen molar-refractivity contribution < 1.29 is 0 Å². The zero-order valence-corrected chi connectivity index (χ0v) is 12.0. The van der Waals surface area contributed by atoms with Crippen LogP contribution in [-0.2, 0) is 0 Å². The predicted octanol–water partition coefficient (Wildman–Crippen LogP) is 3.12. The van der Waals surface area contributed by atoms with E-state index < -0.39 is 0 Å². The molecule has 0 amide bonds. The first-order valence-electron chi connectivity index (χ1n) is 5.89. The highest BCUT2D eigenvalue weighted by atomic mass is 79.9. The first-order valence-corrected chi connectivity index (χ1v) is 6.68. The number of fused-ring (bicyclic) bond motifs is 1. The highest BCUT2D eigenvalue weighted by Gasteiger charge is 2.16. The van der Waals surface area contributed by atoms with Crippen LogP contribution in [0.25, 0.3) is 5.65 Å². The van der Waals surface area contributed by atoms with E-state index in [4.69, 9.17) is 0 Å². The zero-order chi connectivity index (χ0) is 12.4. The van der Waals surface area contributed by atoms with E-state index in [-0.39, 0.29) is 0 Å². The lowest BCUT2D eigenvalue weighted by molar-refractivity contribution is 0.661. The van der Waals surface area contributed by atoms with Gasteiger partial charge < -0.3 is 9.30 Å². The van der Waals surface area contributed by atoms with E-state index in [1.165, 1.54) is 0 Å². The first kappa shape index (κ1) is 12.4. The summed E-state index contributed by atoms with van der Waals surface area (Å²) in [7, 11) is 0. The van der Waals surface area contributed by atoms with Crippen LogP contribution in [-0.4, -0.2) is 27.0 Å². The summed E-state index contributed by atoms with van der Waals surface area (Å²) in [5.74, 6) is 0.946. The minimum Gasteiger partial charge on any atom is -0.351 e. The molecule has 4 nitrogen and oxygen atoms in total. The molecule has 17 heavy (non-hydrogen) atoms. The van der Waals surface area contributed by atoms with Crippen LogP contribution < -0.4 is 4.90 Å². The van der Waals surface area contributed by atoms with E-state index in [2.05, 4.69) is 51.6 Å². The van der Waals surface area contributed by atoms with Crippen molar-refractivity contribution in [2.75, 3.05) is 11.4 Å². The van der Waals surface area contributed by atoms with Crippen molar-refractivity contribution in [1.82, 2.24) is 14.4 Å². The molecule has 0 radical (unpaired) electrons. The molecule has 5 heteroatoms. The summed E-state index contributed by atoms with van der Waals surface area (Å²) in [6.07, 6.45) is 6.77. The van der Waals surface area contributed by atoms with Gasteiger partial charge >= 0.3 is 0 Å². The molecule has 2 aromatic heterocycles. The van der Waals surface area contributed by atoms with Crippen LogP contribution in [0.1, 0.15) is 27.2 Å². The predicted molar refractivity (Wildman–Crippen MR) is 73.5 cm³/mol. The molecule has 0 aromatic carbocycles. The van der Waals surface area contributed by atoms with Gasteiger partial charge in [-0.25, -0.2) is 9.97 Å². The molecule has 0 fully saturated rings. The minimum atomic E-state index is 0.414. The Hall–Kier alpha value is -1.10.